The van der Waals surface area contributed by atoms with Gasteiger partial charge in [0, 0.05) is 24.2 Å². The highest BCUT2D eigenvalue weighted by Crippen LogP contribution is 2.26. The van der Waals surface area contributed by atoms with E-state index in [1.165, 1.54) is 0 Å². The molecule has 1 aromatic heterocycles. The van der Waals surface area contributed by atoms with Crippen LogP contribution in [0.1, 0.15) is 5.56 Å². The normalized spacial score (nSPS) is 11.1. The van der Waals surface area contributed by atoms with Crippen LogP contribution in [-0.2, 0) is 7.05 Å². The summed E-state index contributed by atoms with van der Waals surface area (Å²) in [4.78, 5) is 0. The van der Waals surface area contributed by atoms with Crippen LogP contribution in [0.5, 0.6) is 0 Å². The number of hydrogen-bond acceptors (Lipinski definition) is 1. The minimum Gasteiger partial charge on any atom is -0.275 e. The molecule has 0 fully saturated rings. The molecule has 0 radical (unpaired) electrons. The van der Waals surface area contributed by atoms with Crippen molar-refractivity contribution in [3.05, 3.63) is 28.1 Å². The van der Waals surface area contributed by atoms with Gasteiger partial charge in [-0.2, -0.15) is 5.10 Å². The summed E-state index contributed by atoms with van der Waals surface area (Å²) in [6.07, 6.45) is 1.87. The summed E-state index contributed by atoms with van der Waals surface area (Å²) in [6, 6.07) is 1.74. The van der Waals surface area contributed by atoms with Crippen molar-refractivity contribution in [2.75, 3.05) is 0 Å². The molecule has 1 aromatic carbocycles. The Morgan fingerprint density at radius 1 is 1.54 bits per heavy atom. The molecule has 4 heteroatoms. The summed E-state index contributed by atoms with van der Waals surface area (Å²) in [7, 11) is 1.82. The van der Waals surface area contributed by atoms with Crippen molar-refractivity contribution < 1.29 is 4.39 Å². The van der Waals surface area contributed by atoms with Crippen molar-refractivity contribution in [2.45, 2.75) is 6.92 Å². The van der Waals surface area contributed by atoms with E-state index in [1.54, 1.807) is 17.7 Å². The number of nitrogens with zero attached hydrogens (tertiary/aromatic N) is 2. The van der Waals surface area contributed by atoms with Gasteiger partial charge in [-0.3, -0.25) is 4.68 Å². The van der Waals surface area contributed by atoms with Crippen LogP contribution in [0.25, 0.3) is 10.9 Å². The van der Waals surface area contributed by atoms with Gasteiger partial charge >= 0.3 is 0 Å². The predicted molar refractivity (Wildman–Crippen MR) is 53.1 cm³/mol. The Morgan fingerprint density at radius 3 is 2.92 bits per heavy atom. The monoisotopic (exact) mass is 242 g/mol. The van der Waals surface area contributed by atoms with Gasteiger partial charge in [-0.15, -0.1) is 0 Å². The molecule has 0 N–H and O–H groups in total. The third-order valence-electron chi connectivity index (χ3n) is 2.03. The average Bonchev–Trinajstić information content (AvgIpc) is 2.42. The van der Waals surface area contributed by atoms with Crippen molar-refractivity contribution in [2.24, 2.45) is 7.05 Å². The smallest absolute Gasteiger partial charge is 0.142 e. The molecule has 1 heterocycles. The molecule has 0 unspecified atom stereocenters. The van der Waals surface area contributed by atoms with Crippen molar-refractivity contribution in [3.63, 3.8) is 0 Å². The van der Waals surface area contributed by atoms with Gasteiger partial charge in [0.15, 0.2) is 0 Å². The summed E-state index contributed by atoms with van der Waals surface area (Å²) in [6.45, 7) is 1.73. The van der Waals surface area contributed by atoms with Crippen LogP contribution < -0.4 is 0 Å². The molecule has 2 rings (SSSR count). The molecule has 0 aliphatic rings. The second-order valence-electron chi connectivity index (χ2n) is 3.04. The second kappa shape index (κ2) is 2.80. The van der Waals surface area contributed by atoms with Crippen molar-refractivity contribution in [3.8, 4) is 0 Å². The zero-order valence-corrected chi connectivity index (χ0v) is 8.89. The Hall–Kier alpha value is -0.900. The van der Waals surface area contributed by atoms with E-state index >= 15 is 0 Å². The maximum absolute atomic E-state index is 13.4. The van der Waals surface area contributed by atoms with Gasteiger partial charge in [-0.25, -0.2) is 4.39 Å². The van der Waals surface area contributed by atoms with Crippen molar-refractivity contribution >= 4 is 26.8 Å². The Labute approximate surface area is 83.5 Å². The van der Waals surface area contributed by atoms with Gasteiger partial charge in [0.25, 0.3) is 0 Å². The van der Waals surface area contributed by atoms with Gasteiger partial charge in [-0.1, -0.05) is 0 Å². The fourth-order valence-corrected chi connectivity index (χ4v) is 1.93. The molecule has 0 aliphatic heterocycles. The number of hydrogen-bond donors (Lipinski definition) is 0. The molecule has 0 atom stereocenters. The average molecular weight is 243 g/mol. The van der Waals surface area contributed by atoms with Crippen molar-refractivity contribution in [1.29, 1.82) is 0 Å². The Bertz CT molecular complexity index is 476. The number of benzene rings is 1. The number of aromatic nitrogens is 2. The fraction of sp³-hybridized carbons (Fsp3) is 0.222. The Balaban J connectivity index is 2.92. The van der Waals surface area contributed by atoms with Crippen LogP contribution in [0.3, 0.4) is 0 Å². The van der Waals surface area contributed by atoms with Crippen LogP contribution in [0.4, 0.5) is 4.39 Å². The van der Waals surface area contributed by atoms with E-state index in [-0.39, 0.29) is 5.82 Å². The quantitative estimate of drug-likeness (QED) is 0.695. The Morgan fingerprint density at radius 2 is 2.23 bits per heavy atom. The SMILES string of the molecule is Cc1c(F)c(Br)cc2cn(C)nc12. The highest BCUT2D eigenvalue weighted by atomic mass is 79.9. The van der Waals surface area contributed by atoms with E-state index < -0.39 is 0 Å². The van der Waals surface area contributed by atoms with E-state index in [9.17, 15) is 4.39 Å². The van der Waals surface area contributed by atoms with E-state index in [4.69, 9.17) is 0 Å². The largest absolute Gasteiger partial charge is 0.275 e. The molecule has 0 amide bonds. The molecule has 0 spiro atoms. The van der Waals surface area contributed by atoms with Crippen molar-refractivity contribution in [1.82, 2.24) is 9.78 Å². The van der Waals surface area contributed by atoms with E-state index in [2.05, 4.69) is 21.0 Å². The van der Waals surface area contributed by atoms with Crippen LogP contribution >= 0.6 is 15.9 Å². The van der Waals surface area contributed by atoms with E-state index in [1.807, 2.05) is 13.2 Å². The van der Waals surface area contributed by atoms with Gasteiger partial charge in [-0.05, 0) is 28.9 Å². The minimum absolute atomic E-state index is 0.230. The van der Waals surface area contributed by atoms with Crippen LogP contribution in [0, 0.1) is 12.7 Å². The highest BCUT2D eigenvalue weighted by molar-refractivity contribution is 9.10. The summed E-state index contributed by atoms with van der Waals surface area (Å²) in [5, 5.41) is 5.12. The third-order valence-corrected chi connectivity index (χ3v) is 2.61. The third kappa shape index (κ3) is 1.25. The second-order valence-corrected chi connectivity index (χ2v) is 3.89. The zero-order chi connectivity index (χ0) is 9.59. The van der Waals surface area contributed by atoms with Gasteiger partial charge < -0.3 is 0 Å². The topological polar surface area (TPSA) is 17.8 Å². The molecular formula is C9H8BrFN2. The zero-order valence-electron chi connectivity index (χ0n) is 7.31. The minimum atomic E-state index is -0.230. The lowest BCUT2D eigenvalue weighted by Gasteiger charge is -1.98. The lowest BCUT2D eigenvalue weighted by molar-refractivity contribution is 0.613. The molecule has 0 saturated carbocycles. The first-order valence-corrected chi connectivity index (χ1v) is 4.67. The number of halogens is 2. The summed E-state index contributed by atoms with van der Waals surface area (Å²) in [5.74, 6) is -0.230. The fourth-order valence-electron chi connectivity index (χ4n) is 1.39. The van der Waals surface area contributed by atoms with E-state index in [0.717, 1.165) is 10.9 Å². The van der Waals surface area contributed by atoms with Crippen LogP contribution in [-0.4, -0.2) is 9.78 Å². The molecular weight excluding hydrogens is 235 g/mol. The lowest BCUT2D eigenvalue weighted by atomic mass is 10.1. The highest BCUT2D eigenvalue weighted by Gasteiger charge is 2.10. The molecule has 2 aromatic rings. The van der Waals surface area contributed by atoms with Gasteiger partial charge in [0.2, 0.25) is 0 Å². The number of fused-ring (bicyclic) bond motifs is 1. The lowest BCUT2D eigenvalue weighted by Crippen LogP contribution is -1.88. The predicted octanol–water partition coefficient (Wildman–Crippen LogP) is 2.78. The van der Waals surface area contributed by atoms with Gasteiger partial charge in [0.1, 0.15) is 5.82 Å². The van der Waals surface area contributed by atoms with Crippen LogP contribution in [0.2, 0.25) is 0 Å². The molecule has 0 aliphatic carbocycles. The van der Waals surface area contributed by atoms with Crippen LogP contribution in [0.15, 0.2) is 16.7 Å². The first-order valence-electron chi connectivity index (χ1n) is 3.87. The standard InChI is InChI=1S/C9H8BrFN2/c1-5-8(11)7(10)3-6-4-13(2)12-9(5)6/h3-4H,1-2H3. The molecule has 13 heavy (non-hydrogen) atoms. The number of aryl methyl sites for hydroxylation is 2. The summed E-state index contributed by atoms with van der Waals surface area (Å²) in [5.41, 5.74) is 1.31. The molecule has 0 saturated heterocycles. The van der Waals surface area contributed by atoms with E-state index in [0.29, 0.717) is 10.0 Å². The Kier molecular flexibility index (Phi) is 1.87. The molecule has 0 bridgehead atoms. The maximum Gasteiger partial charge on any atom is 0.142 e. The first-order chi connectivity index (χ1) is 6.09. The van der Waals surface area contributed by atoms with Gasteiger partial charge in [0.05, 0.1) is 9.99 Å². The summed E-state index contributed by atoms with van der Waals surface area (Å²) >= 11 is 3.16. The summed E-state index contributed by atoms with van der Waals surface area (Å²) < 4.78 is 15.5. The maximum atomic E-state index is 13.4. The first kappa shape index (κ1) is 8.69. The number of rotatable bonds is 0. The molecule has 2 nitrogen and oxygen atoms in total. The molecule has 68 valence electrons.